The third kappa shape index (κ3) is 2.34. The zero-order valence-electron chi connectivity index (χ0n) is 9.94. The van der Waals surface area contributed by atoms with E-state index in [2.05, 4.69) is 6.07 Å². The van der Waals surface area contributed by atoms with Crippen LogP contribution < -0.4 is 11.5 Å². The maximum atomic E-state index is 12.1. The van der Waals surface area contributed by atoms with Gasteiger partial charge in [0.05, 0.1) is 12.1 Å². The molecule has 0 aromatic rings. The molecule has 1 saturated heterocycles. The average Bonchev–Trinajstić information content (AvgIpc) is 2.74. The molecule has 0 saturated carbocycles. The van der Waals surface area contributed by atoms with Crippen molar-refractivity contribution in [1.82, 2.24) is 4.90 Å². The lowest BCUT2D eigenvalue weighted by molar-refractivity contribution is -0.135. The number of rotatable bonds is 3. The molecule has 0 radical (unpaired) electrons. The van der Waals surface area contributed by atoms with E-state index >= 15 is 0 Å². The minimum atomic E-state index is -0.633. The molecule has 5 nitrogen and oxygen atoms in total. The summed E-state index contributed by atoms with van der Waals surface area (Å²) >= 11 is 0. The fourth-order valence-electron chi connectivity index (χ4n) is 1.80. The SMILES string of the molecule is CC(C)(CN)C(N)C(=O)N1CCCC1C#N. The van der Waals surface area contributed by atoms with Crippen molar-refractivity contribution in [1.29, 1.82) is 5.26 Å². The lowest BCUT2D eigenvalue weighted by atomic mass is 9.84. The van der Waals surface area contributed by atoms with Crippen LogP contribution in [0.2, 0.25) is 0 Å². The Morgan fingerprint density at radius 2 is 2.31 bits per heavy atom. The summed E-state index contributed by atoms with van der Waals surface area (Å²) in [5.41, 5.74) is 11.1. The number of hydrogen-bond donors (Lipinski definition) is 2. The maximum absolute atomic E-state index is 12.1. The van der Waals surface area contributed by atoms with Crippen LogP contribution in [0.3, 0.4) is 0 Å². The van der Waals surface area contributed by atoms with Gasteiger partial charge in [-0.15, -0.1) is 0 Å². The van der Waals surface area contributed by atoms with E-state index in [0.29, 0.717) is 13.1 Å². The Hall–Kier alpha value is -1.12. The van der Waals surface area contributed by atoms with E-state index < -0.39 is 11.5 Å². The van der Waals surface area contributed by atoms with Gasteiger partial charge in [0.1, 0.15) is 6.04 Å². The number of amides is 1. The van der Waals surface area contributed by atoms with Gasteiger partial charge in [0.2, 0.25) is 5.91 Å². The summed E-state index contributed by atoms with van der Waals surface area (Å²) in [7, 11) is 0. The molecule has 0 aromatic carbocycles. The highest BCUT2D eigenvalue weighted by atomic mass is 16.2. The lowest BCUT2D eigenvalue weighted by Crippen LogP contribution is -2.54. The van der Waals surface area contributed by atoms with E-state index in [-0.39, 0.29) is 11.9 Å². The van der Waals surface area contributed by atoms with Crippen LogP contribution in [0.1, 0.15) is 26.7 Å². The normalized spacial score (nSPS) is 22.9. The molecule has 1 fully saturated rings. The fraction of sp³-hybridized carbons (Fsp3) is 0.818. The first-order valence-corrected chi connectivity index (χ1v) is 5.60. The van der Waals surface area contributed by atoms with Crippen molar-refractivity contribution in [3.05, 3.63) is 0 Å². The molecule has 5 heteroatoms. The zero-order chi connectivity index (χ0) is 12.3. The van der Waals surface area contributed by atoms with Crippen molar-refractivity contribution in [3.8, 4) is 6.07 Å². The van der Waals surface area contributed by atoms with Crippen molar-refractivity contribution < 1.29 is 4.79 Å². The van der Waals surface area contributed by atoms with E-state index in [4.69, 9.17) is 16.7 Å². The number of nitrogens with two attached hydrogens (primary N) is 2. The second-order valence-electron chi connectivity index (χ2n) is 4.99. The quantitative estimate of drug-likeness (QED) is 0.694. The van der Waals surface area contributed by atoms with Gasteiger partial charge in [-0.3, -0.25) is 4.79 Å². The second kappa shape index (κ2) is 4.81. The van der Waals surface area contributed by atoms with Crippen LogP contribution in [0.25, 0.3) is 0 Å². The van der Waals surface area contributed by atoms with E-state index in [1.165, 1.54) is 0 Å². The number of nitriles is 1. The summed E-state index contributed by atoms with van der Waals surface area (Å²) in [5.74, 6) is -0.153. The number of carbonyl (C=O) groups excluding carboxylic acids is 1. The van der Waals surface area contributed by atoms with E-state index in [0.717, 1.165) is 12.8 Å². The predicted molar refractivity (Wildman–Crippen MR) is 61.2 cm³/mol. The molecule has 1 aliphatic heterocycles. The molecule has 1 aliphatic rings. The smallest absolute Gasteiger partial charge is 0.241 e. The van der Waals surface area contributed by atoms with Crippen LogP contribution in [0, 0.1) is 16.7 Å². The molecule has 0 aromatic heterocycles. The van der Waals surface area contributed by atoms with Gasteiger partial charge in [-0.1, -0.05) is 13.8 Å². The summed E-state index contributed by atoms with van der Waals surface area (Å²) in [4.78, 5) is 13.7. The highest BCUT2D eigenvalue weighted by molar-refractivity contribution is 5.83. The van der Waals surface area contributed by atoms with Gasteiger partial charge < -0.3 is 16.4 Å². The third-order valence-electron chi connectivity index (χ3n) is 3.32. The molecule has 2 unspecified atom stereocenters. The monoisotopic (exact) mass is 224 g/mol. The average molecular weight is 224 g/mol. The van der Waals surface area contributed by atoms with Crippen LogP contribution in [-0.4, -0.2) is 36.0 Å². The summed E-state index contributed by atoms with van der Waals surface area (Å²) < 4.78 is 0. The van der Waals surface area contributed by atoms with Crippen molar-refractivity contribution in [2.75, 3.05) is 13.1 Å². The largest absolute Gasteiger partial charge is 0.330 e. The van der Waals surface area contributed by atoms with Gasteiger partial charge >= 0.3 is 0 Å². The Morgan fingerprint density at radius 1 is 1.69 bits per heavy atom. The summed E-state index contributed by atoms with van der Waals surface area (Å²) in [5, 5.41) is 8.92. The van der Waals surface area contributed by atoms with Gasteiger partial charge in [0.15, 0.2) is 0 Å². The number of nitrogens with zero attached hydrogens (tertiary/aromatic N) is 2. The molecule has 2 atom stereocenters. The van der Waals surface area contributed by atoms with Crippen LogP contribution in [0.15, 0.2) is 0 Å². The first-order valence-electron chi connectivity index (χ1n) is 5.60. The Kier molecular flexibility index (Phi) is 3.89. The molecule has 0 spiro atoms. The number of likely N-dealkylation sites (tertiary alicyclic amines) is 1. The van der Waals surface area contributed by atoms with Crippen LogP contribution >= 0.6 is 0 Å². The van der Waals surface area contributed by atoms with E-state index in [1.54, 1.807) is 4.90 Å². The van der Waals surface area contributed by atoms with Crippen molar-refractivity contribution >= 4 is 5.91 Å². The van der Waals surface area contributed by atoms with Crippen LogP contribution in [0.4, 0.5) is 0 Å². The van der Waals surface area contributed by atoms with Crippen LogP contribution in [-0.2, 0) is 4.79 Å². The third-order valence-corrected chi connectivity index (χ3v) is 3.32. The van der Waals surface area contributed by atoms with Crippen LogP contribution in [0.5, 0.6) is 0 Å². The summed E-state index contributed by atoms with van der Waals surface area (Å²) in [6, 6.07) is 1.19. The topological polar surface area (TPSA) is 96.1 Å². The molecule has 4 N–H and O–H groups in total. The van der Waals surface area contributed by atoms with Crippen molar-refractivity contribution in [2.45, 2.75) is 38.8 Å². The molecular weight excluding hydrogens is 204 g/mol. The number of carbonyl (C=O) groups is 1. The Bertz CT molecular complexity index is 308. The predicted octanol–water partition coefficient (Wildman–Crippen LogP) is -0.187. The Labute approximate surface area is 96.4 Å². The van der Waals surface area contributed by atoms with E-state index in [1.807, 2.05) is 13.8 Å². The van der Waals surface area contributed by atoms with Gasteiger partial charge in [-0.25, -0.2) is 0 Å². The molecule has 16 heavy (non-hydrogen) atoms. The van der Waals surface area contributed by atoms with Crippen molar-refractivity contribution in [2.24, 2.45) is 16.9 Å². The molecule has 90 valence electrons. The molecule has 0 aliphatic carbocycles. The molecule has 1 rings (SSSR count). The highest BCUT2D eigenvalue weighted by Gasteiger charge is 2.37. The first kappa shape index (κ1) is 12.9. The molecule has 1 amide bonds. The minimum Gasteiger partial charge on any atom is -0.330 e. The lowest BCUT2D eigenvalue weighted by Gasteiger charge is -2.33. The second-order valence-corrected chi connectivity index (χ2v) is 4.99. The molecular formula is C11H20N4O. The number of hydrogen-bond acceptors (Lipinski definition) is 4. The van der Waals surface area contributed by atoms with Gasteiger partial charge in [0, 0.05) is 12.0 Å². The zero-order valence-corrected chi connectivity index (χ0v) is 9.94. The first-order chi connectivity index (χ1) is 7.44. The van der Waals surface area contributed by atoms with Gasteiger partial charge in [-0.2, -0.15) is 5.26 Å². The molecule has 0 bridgehead atoms. The minimum absolute atomic E-state index is 0.153. The molecule has 1 heterocycles. The standard InChI is InChI=1S/C11H20N4O/c1-11(2,7-13)9(14)10(16)15-5-3-4-8(15)6-12/h8-9H,3-5,7,13-14H2,1-2H3. The summed E-state index contributed by atoms with van der Waals surface area (Å²) in [6.45, 7) is 4.72. The van der Waals surface area contributed by atoms with E-state index in [9.17, 15) is 4.79 Å². The van der Waals surface area contributed by atoms with Crippen molar-refractivity contribution in [3.63, 3.8) is 0 Å². The summed E-state index contributed by atoms with van der Waals surface area (Å²) in [6.07, 6.45) is 1.62. The highest BCUT2D eigenvalue weighted by Crippen LogP contribution is 2.23. The Balaban J connectivity index is 2.75. The fourth-order valence-corrected chi connectivity index (χ4v) is 1.80. The maximum Gasteiger partial charge on any atom is 0.241 e. The van der Waals surface area contributed by atoms with Gasteiger partial charge in [0.25, 0.3) is 0 Å². The Morgan fingerprint density at radius 3 is 2.81 bits per heavy atom. The van der Waals surface area contributed by atoms with Gasteiger partial charge in [-0.05, 0) is 19.4 Å².